The Morgan fingerprint density at radius 1 is 1.08 bits per heavy atom. The molecule has 1 aliphatic heterocycles. The molecule has 26 heavy (non-hydrogen) atoms. The second-order valence-electron chi connectivity index (χ2n) is 5.83. The first-order chi connectivity index (χ1) is 11.5. The van der Waals surface area contributed by atoms with E-state index in [1.807, 2.05) is 0 Å². The van der Waals surface area contributed by atoms with Crippen molar-refractivity contribution in [1.82, 2.24) is 15.1 Å². The Morgan fingerprint density at radius 2 is 1.69 bits per heavy atom. The summed E-state index contributed by atoms with van der Waals surface area (Å²) in [4.78, 5) is 16.6. The summed E-state index contributed by atoms with van der Waals surface area (Å²) in [6.07, 6.45) is 0.920. The number of piperazine rings is 1. The van der Waals surface area contributed by atoms with Gasteiger partial charge in [0.1, 0.15) is 5.75 Å². The van der Waals surface area contributed by atoms with Gasteiger partial charge in [-0.15, -0.1) is 24.8 Å². The molecule has 0 bridgehead atoms. The van der Waals surface area contributed by atoms with Crippen LogP contribution in [0.2, 0.25) is 15.1 Å². The maximum Gasteiger partial charge on any atom is 0.257 e. The van der Waals surface area contributed by atoms with E-state index in [-0.39, 0.29) is 37.3 Å². The minimum atomic E-state index is -0.185. The first-order valence-corrected chi connectivity index (χ1v) is 9.04. The van der Waals surface area contributed by atoms with Crippen LogP contribution in [0, 0.1) is 0 Å². The Balaban J connectivity index is 0.00000312. The van der Waals surface area contributed by atoms with Gasteiger partial charge in [-0.25, -0.2) is 0 Å². The molecule has 1 heterocycles. The van der Waals surface area contributed by atoms with Crippen LogP contribution in [0.4, 0.5) is 0 Å². The van der Waals surface area contributed by atoms with E-state index in [0.717, 1.165) is 39.1 Å². The van der Waals surface area contributed by atoms with Crippen molar-refractivity contribution in [2.24, 2.45) is 0 Å². The average molecular weight is 468 g/mol. The van der Waals surface area contributed by atoms with E-state index in [1.165, 1.54) is 12.1 Å². The van der Waals surface area contributed by atoms with Crippen molar-refractivity contribution in [1.29, 1.82) is 0 Å². The fraction of sp³-hybridized carbons (Fsp3) is 0.562. The highest BCUT2D eigenvalue weighted by atomic mass is 35.5. The lowest BCUT2D eigenvalue weighted by molar-refractivity contribution is -0.123. The number of carbonyl (C=O) groups excluding carboxylic acids is 1. The molecular formula is C16H24Cl5N3O2. The van der Waals surface area contributed by atoms with Gasteiger partial charge in [0.2, 0.25) is 0 Å². The molecule has 150 valence electrons. The van der Waals surface area contributed by atoms with E-state index in [1.54, 1.807) is 0 Å². The maximum atomic E-state index is 11.8. The molecule has 5 nitrogen and oxygen atoms in total. The molecular weight excluding hydrogens is 443 g/mol. The van der Waals surface area contributed by atoms with Crippen LogP contribution in [0.5, 0.6) is 5.75 Å². The third kappa shape index (κ3) is 8.70. The molecule has 1 aliphatic rings. The van der Waals surface area contributed by atoms with Gasteiger partial charge < -0.3 is 19.9 Å². The summed E-state index contributed by atoms with van der Waals surface area (Å²) in [6, 6.07) is 3.00. The molecule has 2 rings (SSSR count). The molecule has 1 fully saturated rings. The van der Waals surface area contributed by atoms with Gasteiger partial charge >= 0.3 is 0 Å². The standard InChI is InChI=1S/C16H22Cl3N3O2.2ClH/c1-21-5-7-22(8-6-21)4-2-3-20-16(23)11-24-15-10-13(18)12(17)9-14(15)19;;/h9-10H,2-8,11H2,1H3,(H,20,23);2*1H. The highest BCUT2D eigenvalue weighted by Crippen LogP contribution is 2.33. The van der Waals surface area contributed by atoms with Crippen LogP contribution in [0.15, 0.2) is 12.1 Å². The Bertz CT molecular complexity index is 569. The van der Waals surface area contributed by atoms with Crippen LogP contribution in [0.25, 0.3) is 0 Å². The molecule has 10 heteroatoms. The summed E-state index contributed by atoms with van der Waals surface area (Å²) in [5, 5.41) is 3.86. The topological polar surface area (TPSA) is 44.8 Å². The molecule has 1 saturated heterocycles. The number of hydrogen-bond donors (Lipinski definition) is 1. The minimum absolute atomic E-state index is 0. The third-order valence-electron chi connectivity index (χ3n) is 3.90. The zero-order valence-electron chi connectivity index (χ0n) is 14.5. The molecule has 1 aromatic rings. The van der Waals surface area contributed by atoms with Crippen molar-refractivity contribution in [3.63, 3.8) is 0 Å². The van der Waals surface area contributed by atoms with Gasteiger partial charge in [-0.3, -0.25) is 4.79 Å². The van der Waals surface area contributed by atoms with Gasteiger partial charge in [0.25, 0.3) is 5.91 Å². The quantitative estimate of drug-likeness (QED) is 0.491. The number of rotatable bonds is 7. The third-order valence-corrected chi connectivity index (χ3v) is 4.92. The molecule has 0 aromatic heterocycles. The Labute approximate surface area is 182 Å². The number of nitrogens with zero attached hydrogens (tertiary/aromatic N) is 2. The lowest BCUT2D eigenvalue weighted by Crippen LogP contribution is -2.45. The van der Waals surface area contributed by atoms with E-state index in [0.29, 0.717) is 27.4 Å². The first-order valence-electron chi connectivity index (χ1n) is 7.90. The van der Waals surface area contributed by atoms with Crippen molar-refractivity contribution in [2.45, 2.75) is 6.42 Å². The molecule has 0 radical (unpaired) electrons. The van der Waals surface area contributed by atoms with Crippen molar-refractivity contribution >= 4 is 65.5 Å². The largest absolute Gasteiger partial charge is 0.482 e. The Kier molecular flexibility index (Phi) is 13.0. The van der Waals surface area contributed by atoms with Gasteiger partial charge in [-0.1, -0.05) is 34.8 Å². The number of amides is 1. The fourth-order valence-corrected chi connectivity index (χ4v) is 3.00. The second-order valence-corrected chi connectivity index (χ2v) is 7.06. The Morgan fingerprint density at radius 3 is 2.35 bits per heavy atom. The number of ether oxygens (including phenoxy) is 1. The molecule has 1 aromatic carbocycles. The predicted molar refractivity (Wildman–Crippen MR) is 113 cm³/mol. The van der Waals surface area contributed by atoms with Crippen LogP contribution in [-0.4, -0.2) is 68.6 Å². The number of nitrogens with one attached hydrogen (secondary N) is 1. The smallest absolute Gasteiger partial charge is 0.257 e. The van der Waals surface area contributed by atoms with Crippen LogP contribution in [0.1, 0.15) is 6.42 Å². The lowest BCUT2D eigenvalue weighted by Gasteiger charge is -2.32. The van der Waals surface area contributed by atoms with Gasteiger partial charge in [0.15, 0.2) is 6.61 Å². The molecule has 0 saturated carbocycles. The molecule has 0 atom stereocenters. The summed E-state index contributed by atoms with van der Waals surface area (Å²) in [7, 11) is 2.14. The highest BCUT2D eigenvalue weighted by molar-refractivity contribution is 6.43. The van der Waals surface area contributed by atoms with Crippen LogP contribution in [0.3, 0.4) is 0 Å². The van der Waals surface area contributed by atoms with Crippen molar-refractivity contribution in [3.8, 4) is 5.75 Å². The first kappa shape index (κ1) is 25.9. The summed E-state index contributed by atoms with van der Waals surface area (Å²) in [6.45, 7) is 5.89. The molecule has 1 amide bonds. The lowest BCUT2D eigenvalue weighted by atomic mass is 10.3. The van der Waals surface area contributed by atoms with Gasteiger partial charge in [-0.2, -0.15) is 0 Å². The number of likely N-dealkylation sites (N-methyl/N-ethyl adjacent to an activating group) is 1. The zero-order valence-corrected chi connectivity index (χ0v) is 18.4. The highest BCUT2D eigenvalue weighted by Gasteiger charge is 2.13. The van der Waals surface area contributed by atoms with Gasteiger partial charge in [-0.05, 0) is 26.1 Å². The van der Waals surface area contributed by atoms with Gasteiger partial charge in [0, 0.05) is 38.8 Å². The van der Waals surface area contributed by atoms with E-state index in [4.69, 9.17) is 39.5 Å². The predicted octanol–water partition coefficient (Wildman–Crippen LogP) is 3.62. The van der Waals surface area contributed by atoms with Crippen molar-refractivity contribution in [3.05, 3.63) is 27.2 Å². The Hall–Kier alpha value is -0.140. The summed E-state index contributed by atoms with van der Waals surface area (Å²) >= 11 is 17.8. The molecule has 0 spiro atoms. The van der Waals surface area contributed by atoms with Crippen LogP contribution < -0.4 is 10.1 Å². The summed E-state index contributed by atoms with van der Waals surface area (Å²) < 4.78 is 5.39. The molecule has 0 unspecified atom stereocenters. The van der Waals surface area contributed by atoms with E-state index >= 15 is 0 Å². The van der Waals surface area contributed by atoms with E-state index < -0.39 is 0 Å². The van der Waals surface area contributed by atoms with Crippen LogP contribution >= 0.6 is 59.6 Å². The maximum absolute atomic E-state index is 11.8. The van der Waals surface area contributed by atoms with E-state index in [9.17, 15) is 4.79 Å². The van der Waals surface area contributed by atoms with Crippen molar-refractivity contribution < 1.29 is 9.53 Å². The second kappa shape index (κ2) is 13.1. The van der Waals surface area contributed by atoms with E-state index in [2.05, 4.69) is 22.2 Å². The molecule has 1 N–H and O–H groups in total. The fourth-order valence-electron chi connectivity index (χ4n) is 2.41. The minimum Gasteiger partial charge on any atom is -0.482 e. The zero-order chi connectivity index (χ0) is 17.5. The number of halogens is 5. The average Bonchev–Trinajstić information content (AvgIpc) is 2.55. The van der Waals surface area contributed by atoms with Crippen LogP contribution in [-0.2, 0) is 4.79 Å². The monoisotopic (exact) mass is 465 g/mol. The number of hydrogen-bond acceptors (Lipinski definition) is 4. The van der Waals surface area contributed by atoms with Gasteiger partial charge in [0.05, 0.1) is 15.1 Å². The van der Waals surface area contributed by atoms with Crippen molar-refractivity contribution in [2.75, 3.05) is 52.9 Å². The molecule has 0 aliphatic carbocycles. The summed E-state index contributed by atoms with van der Waals surface area (Å²) in [5.74, 6) is 0.161. The normalized spacial score (nSPS) is 14.9. The summed E-state index contributed by atoms with van der Waals surface area (Å²) in [5.41, 5.74) is 0. The SMILES string of the molecule is CN1CCN(CCCNC(=O)COc2cc(Cl)c(Cl)cc2Cl)CC1.Cl.Cl. The number of benzene rings is 1. The number of carbonyl (C=O) groups is 1.